The molecule has 0 saturated heterocycles. The molecular weight excluding hydrogens is 356 g/mol. The number of ether oxygens (including phenoxy) is 1. The highest BCUT2D eigenvalue weighted by molar-refractivity contribution is 7.22. The normalized spacial score (nSPS) is 10.9. The summed E-state index contributed by atoms with van der Waals surface area (Å²) in [6.45, 7) is -0.0787. The van der Waals surface area contributed by atoms with Gasteiger partial charge in [-0.3, -0.25) is 10.1 Å². The fraction of sp³-hybridized carbons (Fsp3) is 0.0526. The van der Waals surface area contributed by atoms with E-state index in [1.165, 1.54) is 11.3 Å². The Balaban J connectivity index is 1.46. The molecule has 0 saturated carbocycles. The van der Waals surface area contributed by atoms with Crippen LogP contribution in [0.2, 0.25) is 5.02 Å². The highest BCUT2D eigenvalue weighted by atomic mass is 35.5. The van der Waals surface area contributed by atoms with Gasteiger partial charge in [-0.15, -0.1) is 0 Å². The van der Waals surface area contributed by atoms with E-state index in [0.717, 1.165) is 21.0 Å². The second kappa shape index (κ2) is 6.70. The van der Waals surface area contributed by atoms with Gasteiger partial charge in [0.05, 0.1) is 10.2 Å². The molecule has 1 aromatic heterocycles. The minimum Gasteiger partial charge on any atom is -0.483 e. The first-order chi connectivity index (χ1) is 12.2. The molecule has 0 bridgehead atoms. The molecule has 3 aromatic carbocycles. The molecule has 0 spiro atoms. The second-order valence-electron chi connectivity index (χ2n) is 5.45. The smallest absolute Gasteiger partial charge is 0.264 e. The van der Waals surface area contributed by atoms with Gasteiger partial charge >= 0.3 is 0 Å². The van der Waals surface area contributed by atoms with Crippen molar-refractivity contribution < 1.29 is 9.53 Å². The summed E-state index contributed by atoms with van der Waals surface area (Å²) in [5.74, 6) is 0.433. The van der Waals surface area contributed by atoms with Crippen molar-refractivity contribution in [3.63, 3.8) is 0 Å². The van der Waals surface area contributed by atoms with Crippen molar-refractivity contribution in [1.29, 1.82) is 0 Å². The number of nitrogens with one attached hydrogen (secondary N) is 1. The molecule has 0 aliphatic carbocycles. The Morgan fingerprint density at radius 3 is 2.88 bits per heavy atom. The minimum absolute atomic E-state index is 0.0787. The van der Waals surface area contributed by atoms with E-state index in [2.05, 4.69) is 10.3 Å². The van der Waals surface area contributed by atoms with Gasteiger partial charge < -0.3 is 4.74 Å². The molecule has 0 fully saturated rings. The predicted molar refractivity (Wildman–Crippen MR) is 103 cm³/mol. The quantitative estimate of drug-likeness (QED) is 0.544. The average molecular weight is 369 g/mol. The summed E-state index contributed by atoms with van der Waals surface area (Å²) in [7, 11) is 0. The second-order valence-corrected chi connectivity index (χ2v) is 6.91. The first kappa shape index (κ1) is 15.9. The number of hydrogen-bond acceptors (Lipinski definition) is 4. The highest BCUT2D eigenvalue weighted by Crippen LogP contribution is 2.28. The van der Waals surface area contributed by atoms with E-state index in [1.54, 1.807) is 6.07 Å². The number of amides is 1. The number of rotatable bonds is 4. The average Bonchev–Trinajstić information content (AvgIpc) is 3.01. The zero-order valence-corrected chi connectivity index (χ0v) is 14.6. The molecule has 0 unspecified atom stereocenters. The number of carbonyl (C=O) groups excluding carboxylic acids is 1. The molecule has 0 aliphatic heterocycles. The van der Waals surface area contributed by atoms with Crippen molar-refractivity contribution in [2.24, 2.45) is 0 Å². The molecule has 6 heteroatoms. The van der Waals surface area contributed by atoms with E-state index >= 15 is 0 Å². The van der Waals surface area contributed by atoms with Gasteiger partial charge in [-0.2, -0.15) is 0 Å². The van der Waals surface area contributed by atoms with Crippen LogP contribution < -0.4 is 10.1 Å². The third-order valence-electron chi connectivity index (χ3n) is 3.71. The van der Waals surface area contributed by atoms with Gasteiger partial charge in [-0.1, -0.05) is 59.3 Å². The topological polar surface area (TPSA) is 51.2 Å². The number of carbonyl (C=O) groups is 1. The van der Waals surface area contributed by atoms with Crippen LogP contribution in [0.1, 0.15) is 0 Å². The summed E-state index contributed by atoms with van der Waals surface area (Å²) in [5.41, 5.74) is 0.805. The molecule has 0 radical (unpaired) electrons. The van der Waals surface area contributed by atoms with Crippen LogP contribution in [0.3, 0.4) is 0 Å². The van der Waals surface area contributed by atoms with Crippen molar-refractivity contribution >= 4 is 55.0 Å². The number of halogens is 1. The largest absolute Gasteiger partial charge is 0.483 e. The zero-order valence-electron chi connectivity index (χ0n) is 13.0. The minimum atomic E-state index is -0.252. The van der Waals surface area contributed by atoms with Gasteiger partial charge in [-0.25, -0.2) is 4.98 Å². The standard InChI is InChI=1S/C19H13ClN2O2S/c20-13-8-9-15-17(10-13)25-19(21-15)22-18(23)11-24-16-7-3-5-12-4-1-2-6-14(12)16/h1-10H,11H2,(H,21,22,23). The SMILES string of the molecule is O=C(COc1cccc2ccccc12)Nc1nc2ccc(Cl)cc2s1. The van der Waals surface area contributed by atoms with E-state index in [4.69, 9.17) is 16.3 Å². The molecule has 25 heavy (non-hydrogen) atoms. The Hall–Kier alpha value is -2.63. The Kier molecular flexibility index (Phi) is 4.26. The van der Waals surface area contributed by atoms with Crippen molar-refractivity contribution in [3.8, 4) is 5.75 Å². The van der Waals surface area contributed by atoms with E-state index in [9.17, 15) is 4.79 Å². The number of hydrogen-bond donors (Lipinski definition) is 1. The fourth-order valence-electron chi connectivity index (χ4n) is 2.57. The molecule has 4 rings (SSSR count). The van der Waals surface area contributed by atoms with Crippen molar-refractivity contribution in [1.82, 2.24) is 4.98 Å². The summed E-state index contributed by atoms with van der Waals surface area (Å²) >= 11 is 7.35. The van der Waals surface area contributed by atoms with Crippen LogP contribution in [-0.2, 0) is 4.79 Å². The monoisotopic (exact) mass is 368 g/mol. The van der Waals surface area contributed by atoms with Gasteiger partial charge in [0.2, 0.25) is 0 Å². The number of thiazole rings is 1. The molecule has 1 N–H and O–H groups in total. The Bertz CT molecular complexity index is 1070. The summed E-state index contributed by atoms with van der Waals surface area (Å²) in [6.07, 6.45) is 0. The summed E-state index contributed by atoms with van der Waals surface area (Å²) < 4.78 is 6.62. The van der Waals surface area contributed by atoms with Crippen molar-refractivity contribution in [2.45, 2.75) is 0 Å². The maximum Gasteiger partial charge on any atom is 0.264 e. The molecule has 0 atom stereocenters. The Labute approximate surface area is 153 Å². The first-order valence-corrected chi connectivity index (χ1v) is 8.85. The Morgan fingerprint density at radius 2 is 1.96 bits per heavy atom. The third kappa shape index (κ3) is 3.43. The zero-order chi connectivity index (χ0) is 17.2. The van der Waals surface area contributed by atoms with Gasteiger partial charge in [0.25, 0.3) is 5.91 Å². The number of aromatic nitrogens is 1. The fourth-order valence-corrected chi connectivity index (χ4v) is 3.73. The summed E-state index contributed by atoms with van der Waals surface area (Å²) in [5, 5.41) is 6.00. The van der Waals surface area contributed by atoms with Crippen LogP contribution in [0.4, 0.5) is 5.13 Å². The molecule has 0 aliphatic rings. The molecule has 124 valence electrons. The Morgan fingerprint density at radius 1 is 1.12 bits per heavy atom. The van der Waals surface area contributed by atoms with Crippen LogP contribution in [0.25, 0.3) is 21.0 Å². The highest BCUT2D eigenvalue weighted by Gasteiger charge is 2.10. The molecule has 4 nitrogen and oxygen atoms in total. The lowest BCUT2D eigenvalue weighted by Crippen LogP contribution is -2.20. The number of nitrogens with zero attached hydrogens (tertiary/aromatic N) is 1. The number of anilines is 1. The van der Waals surface area contributed by atoms with Crippen LogP contribution in [0.5, 0.6) is 5.75 Å². The van der Waals surface area contributed by atoms with Crippen molar-refractivity contribution in [2.75, 3.05) is 11.9 Å². The lowest BCUT2D eigenvalue weighted by molar-refractivity contribution is -0.118. The lowest BCUT2D eigenvalue weighted by Gasteiger charge is -2.08. The van der Waals surface area contributed by atoms with E-state index in [0.29, 0.717) is 15.9 Å². The maximum absolute atomic E-state index is 12.2. The molecule has 1 heterocycles. The van der Waals surface area contributed by atoms with Crippen molar-refractivity contribution in [3.05, 3.63) is 65.7 Å². The van der Waals surface area contributed by atoms with Gasteiger partial charge in [0.15, 0.2) is 11.7 Å². The predicted octanol–water partition coefficient (Wildman–Crippen LogP) is 5.12. The van der Waals surface area contributed by atoms with Gasteiger partial charge in [-0.05, 0) is 29.7 Å². The number of fused-ring (bicyclic) bond motifs is 2. The lowest BCUT2D eigenvalue weighted by atomic mass is 10.1. The van der Waals surface area contributed by atoms with E-state index in [1.807, 2.05) is 54.6 Å². The first-order valence-electron chi connectivity index (χ1n) is 7.65. The molecular formula is C19H13ClN2O2S. The van der Waals surface area contributed by atoms with Crippen LogP contribution in [0, 0.1) is 0 Å². The van der Waals surface area contributed by atoms with E-state index < -0.39 is 0 Å². The number of benzene rings is 3. The van der Waals surface area contributed by atoms with E-state index in [-0.39, 0.29) is 12.5 Å². The summed E-state index contributed by atoms with van der Waals surface area (Å²) in [4.78, 5) is 16.5. The maximum atomic E-state index is 12.2. The third-order valence-corrected chi connectivity index (χ3v) is 4.87. The molecule has 4 aromatic rings. The van der Waals surface area contributed by atoms with Crippen LogP contribution in [-0.4, -0.2) is 17.5 Å². The van der Waals surface area contributed by atoms with Crippen LogP contribution >= 0.6 is 22.9 Å². The molecule has 1 amide bonds. The van der Waals surface area contributed by atoms with Crippen LogP contribution in [0.15, 0.2) is 60.7 Å². The van der Waals surface area contributed by atoms with Gasteiger partial charge in [0, 0.05) is 10.4 Å². The summed E-state index contributed by atoms with van der Waals surface area (Å²) in [6, 6.07) is 19.1. The van der Waals surface area contributed by atoms with Gasteiger partial charge in [0.1, 0.15) is 5.75 Å².